The summed E-state index contributed by atoms with van der Waals surface area (Å²) in [6.45, 7) is -2.95. The van der Waals surface area contributed by atoms with Gasteiger partial charge in [0.05, 0.1) is 11.6 Å². The number of methoxy groups -OCH3 is 1. The minimum atomic E-state index is -2.95. The predicted molar refractivity (Wildman–Crippen MR) is 91.4 cm³/mol. The first-order valence-corrected chi connectivity index (χ1v) is 7.65. The lowest BCUT2D eigenvalue weighted by Gasteiger charge is -2.09. The number of ether oxygens (including phenoxy) is 2. The first-order valence-electron chi connectivity index (χ1n) is 6.86. The van der Waals surface area contributed by atoms with Gasteiger partial charge in [0.25, 0.3) is 0 Å². The largest absolute Gasteiger partial charge is 0.496 e. The summed E-state index contributed by atoms with van der Waals surface area (Å²) in [5, 5.41) is 2.58. The van der Waals surface area contributed by atoms with Gasteiger partial charge in [0.2, 0.25) is 5.91 Å². The quantitative estimate of drug-likeness (QED) is 0.717. The summed E-state index contributed by atoms with van der Waals surface area (Å²) in [6.07, 6.45) is 2.93. The third-order valence-electron chi connectivity index (χ3n) is 2.97. The average molecular weight is 398 g/mol. The molecule has 0 aliphatic carbocycles. The molecule has 0 aliphatic rings. The molecule has 1 N–H and O–H groups in total. The van der Waals surface area contributed by atoms with Gasteiger partial charge in [0.1, 0.15) is 11.5 Å². The Bertz CT molecular complexity index is 750. The van der Waals surface area contributed by atoms with E-state index < -0.39 is 12.5 Å². The van der Waals surface area contributed by atoms with Crippen LogP contribution in [-0.2, 0) is 4.79 Å². The van der Waals surface area contributed by atoms with E-state index in [0.29, 0.717) is 15.9 Å². The summed E-state index contributed by atoms with van der Waals surface area (Å²) >= 11 is 3.10. The maximum atomic E-state index is 12.3. The van der Waals surface area contributed by atoms with Gasteiger partial charge in [-0.1, -0.05) is 18.2 Å². The number of carbonyl (C=O) groups excluding carboxylic acids is 1. The molecular formula is C17H14BrF2NO3. The zero-order chi connectivity index (χ0) is 17.5. The molecule has 0 aromatic heterocycles. The Morgan fingerprint density at radius 2 is 1.96 bits per heavy atom. The monoisotopic (exact) mass is 397 g/mol. The Morgan fingerprint density at radius 1 is 1.21 bits per heavy atom. The number of rotatable bonds is 6. The van der Waals surface area contributed by atoms with Gasteiger partial charge in [0.15, 0.2) is 0 Å². The summed E-state index contributed by atoms with van der Waals surface area (Å²) in [7, 11) is 1.54. The standard InChI is InChI=1S/C17H14BrF2NO3/c1-23-14-5-3-2-4-11(14)6-9-16(22)21-12-7-8-13(18)15(10-12)24-17(19)20/h2-10,17H,1H3,(H,21,22). The van der Waals surface area contributed by atoms with Crippen molar-refractivity contribution in [3.63, 3.8) is 0 Å². The summed E-state index contributed by atoms with van der Waals surface area (Å²) in [4.78, 5) is 12.0. The van der Waals surface area contributed by atoms with Crippen LogP contribution in [0.1, 0.15) is 5.56 Å². The summed E-state index contributed by atoms with van der Waals surface area (Å²) in [6, 6.07) is 11.6. The number of nitrogens with one attached hydrogen (secondary N) is 1. The van der Waals surface area contributed by atoms with Gasteiger partial charge >= 0.3 is 6.61 Å². The van der Waals surface area contributed by atoms with Crippen LogP contribution in [0.5, 0.6) is 11.5 Å². The number of benzene rings is 2. The fourth-order valence-corrected chi connectivity index (χ4v) is 2.26. The topological polar surface area (TPSA) is 47.6 Å². The fraction of sp³-hybridized carbons (Fsp3) is 0.118. The molecule has 24 heavy (non-hydrogen) atoms. The van der Waals surface area contributed by atoms with Crippen LogP contribution in [-0.4, -0.2) is 19.6 Å². The minimum Gasteiger partial charge on any atom is -0.496 e. The van der Waals surface area contributed by atoms with Crippen molar-refractivity contribution >= 4 is 33.6 Å². The van der Waals surface area contributed by atoms with Crippen LogP contribution in [0.15, 0.2) is 53.0 Å². The molecule has 7 heteroatoms. The van der Waals surface area contributed by atoms with E-state index in [0.717, 1.165) is 5.56 Å². The van der Waals surface area contributed by atoms with Crippen molar-refractivity contribution in [1.82, 2.24) is 0 Å². The summed E-state index contributed by atoms with van der Waals surface area (Å²) in [5.74, 6) is 0.167. The van der Waals surface area contributed by atoms with Crippen LogP contribution in [0.3, 0.4) is 0 Å². The van der Waals surface area contributed by atoms with Crippen LogP contribution >= 0.6 is 15.9 Å². The Labute approximate surface area is 146 Å². The first kappa shape index (κ1) is 17.9. The molecule has 0 bridgehead atoms. The zero-order valence-electron chi connectivity index (χ0n) is 12.6. The van der Waals surface area contributed by atoms with Crippen LogP contribution in [0, 0.1) is 0 Å². The van der Waals surface area contributed by atoms with E-state index >= 15 is 0 Å². The first-order chi connectivity index (χ1) is 11.5. The number of hydrogen-bond donors (Lipinski definition) is 1. The number of carbonyl (C=O) groups is 1. The van der Waals surface area contributed by atoms with E-state index in [-0.39, 0.29) is 5.75 Å². The van der Waals surface area contributed by atoms with Gasteiger partial charge < -0.3 is 14.8 Å². The van der Waals surface area contributed by atoms with Crippen LogP contribution in [0.4, 0.5) is 14.5 Å². The van der Waals surface area contributed by atoms with Crippen molar-refractivity contribution in [2.45, 2.75) is 6.61 Å². The number of para-hydroxylation sites is 1. The Hall–Kier alpha value is -2.41. The molecule has 0 saturated heterocycles. The molecule has 4 nitrogen and oxygen atoms in total. The minimum absolute atomic E-state index is 0.0588. The molecule has 0 radical (unpaired) electrons. The molecule has 0 atom stereocenters. The molecule has 0 aliphatic heterocycles. The Morgan fingerprint density at radius 3 is 2.67 bits per heavy atom. The van der Waals surface area contributed by atoms with E-state index in [1.807, 2.05) is 12.1 Å². The van der Waals surface area contributed by atoms with E-state index in [9.17, 15) is 13.6 Å². The molecule has 2 aromatic rings. The highest BCUT2D eigenvalue weighted by Gasteiger charge is 2.10. The number of hydrogen-bond acceptors (Lipinski definition) is 3. The van der Waals surface area contributed by atoms with Gasteiger partial charge in [-0.3, -0.25) is 4.79 Å². The average Bonchev–Trinajstić information content (AvgIpc) is 2.56. The Balaban J connectivity index is 2.08. The maximum Gasteiger partial charge on any atom is 0.387 e. The zero-order valence-corrected chi connectivity index (χ0v) is 14.2. The van der Waals surface area contributed by atoms with E-state index in [1.165, 1.54) is 18.2 Å². The smallest absolute Gasteiger partial charge is 0.387 e. The predicted octanol–water partition coefficient (Wildman–Crippen LogP) is 4.71. The van der Waals surface area contributed by atoms with E-state index in [4.69, 9.17) is 4.74 Å². The molecule has 0 fully saturated rings. The van der Waals surface area contributed by atoms with Crippen molar-refractivity contribution in [2.75, 3.05) is 12.4 Å². The van der Waals surface area contributed by atoms with Crippen molar-refractivity contribution in [3.05, 3.63) is 58.6 Å². The Kier molecular flexibility index (Phi) is 6.31. The normalized spacial score (nSPS) is 10.9. The van der Waals surface area contributed by atoms with E-state index in [1.54, 1.807) is 31.4 Å². The van der Waals surface area contributed by atoms with Crippen molar-refractivity contribution in [2.24, 2.45) is 0 Å². The van der Waals surface area contributed by atoms with Gasteiger partial charge in [-0.25, -0.2) is 0 Å². The highest BCUT2D eigenvalue weighted by molar-refractivity contribution is 9.10. The molecule has 0 spiro atoms. The number of amides is 1. The molecule has 2 aromatic carbocycles. The van der Waals surface area contributed by atoms with Gasteiger partial charge in [-0.05, 0) is 40.2 Å². The lowest BCUT2D eigenvalue weighted by atomic mass is 10.2. The van der Waals surface area contributed by atoms with Crippen LogP contribution in [0.2, 0.25) is 0 Å². The molecule has 0 heterocycles. The second-order valence-corrected chi connectivity index (χ2v) is 5.44. The van der Waals surface area contributed by atoms with Crippen molar-refractivity contribution in [1.29, 1.82) is 0 Å². The molecular weight excluding hydrogens is 384 g/mol. The number of alkyl halides is 2. The fourth-order valence-electron chi connectivity index (χ4n) is 1.92. The third-order valence-corrected chi connectivity index (χ3v) is 3.62. The van der Waals surface area contributed by atoms with Crippen LogP contribution in [0.25, 0.3) is 6.08 Å². The van der Waals surface area contributed by atoms with Gasteiger partial charge in [-0.15, -0.1) is 0 Å². The summed E-state index contributed by atoms with van der Waals surface area (Å²) < 4.78 is 34.6. The molecule has 0 unspecified atom stereocenters. The lowest BCUT2D eigenvalue weighted by molar-refractivity contribution is -0.111. The lowest BCUT2D eigenvalue weighted by Crippen LogP contribution is -2.08. The number of halogens is 3. The second-order valence-electron chi connectivity index (χ2n) is 4.59. The molecule has 2 rings (SSSR count). The maximum absolute atomic E-state index is 12.3. The van der Waals surface area contributed by atoms with Gasteiger partial charge in [-0.2, -0.15) is 8.78 Å². The summed E-state index contributed by atoms with van der Waals surface area (Å²) in [5.41, 5.74) is 1.08. The van der Waals surface area contributed by atoms with Crippen molar-refractivity contribution < 1.29 is 23.0 Å². The highest BCUT2D eigenvalue weighted by Crippen LogP contribution is 2.29. The van der Waals surface area contributed by atoms with Gasteiger partial charge in [0, 0.05) is 23.4 Å². The van der Waals surface area contributed by atoms with Crippen molar-refractivity contribution in [3.8, 4) is 11.5 Å². The SMILES string of the molecule is COc1ccccc1C=CC(=O)Nc1ccc(Br)c(OC(F)F)c1. The third kappa shape index (κ3) is 5.06. The van der Waals surface area contributed by atoms with Crippen LogP contribution < -0.4 is 14.8 Å². The van der Waals surface area contributed by atoms with E-state index in [2.05, 4.69) is 26.0 Å². The molecule has 0 saturated carbocycles. The number of anilines is 1. The highest BCUT2D eigenvalue weighted by atomic mass is 79.9. The molecule has 126 valence electrons. The molecule has 1 amide bonds. The second kappa shape index (κ2) is 8.44.